The van der Waals surface area contributed by atoms with Gasteiger partial charge in [-0.3, -0.25) is 0 Å². The van der Waals surface area contributed by atoms with Gasteiger partial charge in [-0.2, -0.15) is 0 Å². The van der Waals surface area contributed by atoms with Crippen molar-refractivity contribution in [2.24, 2.45) is 0 Å². The Morgan fingerprint density at radius 3 is 2.64 bits per heavy atom. The summed E-state index contributed by atoms with van der Waals surface area (Å²) in [6.07, 6.45) is 1.71. The van der Waals surface area contributed by atoms with Crippen LogP contribution in [0.4, 0.5) is 4.39 Å². The Bertz CT molecular complexity index is 831. The fourth-order valence-electron chi connectivity index (χ4n) is 2.63. The van der Waals surface area contributed by atoms with Gasteiger partial charge in [-0.25, -0.2) is 9.37 Å². The van der Waals surface area contributed by atoms with Crippen LogP contribution in [0.5, 0.6) is 0 Å². The summed E-state index contributed by atoms with van der Waals surface area (Å²) in [7, 11) is 0. The quantitative estimate of drug-likeness (QED) is 0.796. The van der Waals surface area contributed by atoms with E-state index in [1.807, 2.05) is 35.8 Å². The van der Waals surface area contributed by atoms with E-state index in [0.717, 1.165) is 22.2 Å². The van der Waals surface area contributed by atoms with Crippen LogP contribution in [0, 0.1) is 12.7 Å². The first-order valence-corrected chi connectivity index (χ1v) is 7.27. The summed E-state index contributed by atoms with van der Waals surface area (Å²) in [4.78, 5) is 4.37. The third-order valence-corrected chi connectivity index (χ3v) is 3.61. The molecule has 3 nitrogen and oxygen atoms in total. The number of hydrogen-bond acceptors (Lipinski definition) is 2. The molecule has 3 aromatic rings. The first-order chi connectivity index (χ1) is 10.3. The predicted molar refractivity (Wildman–Crippen MR) is 86.2 cm³/mol. The molecule has 2 aromatic carbocycles. The highest BCUT2D eigenvalue weighted by molar-refractivity contribution is 5.82. The van der Waals surface area contributed by atoms with Crippen molar-refractivity contribution in [3.05, 3.63) is 54.1 Å². The van der Waals surface area contributed by atoms with Gasteiger partial charge in [0.05, 0.1) is 29.5 Å². The number of aryl methyl sites for hydroxylation is 1. The van der Waals surface area contributed by atoms with Gasteiger partial charge in [0.25, 0.3) is 0 Å². The van der Waals surface area contributed by atoms with Gasteiger partial charge >= 0.3 is 0 Å². The fraction of sp³-hybridized carbons (Fsp3) is 0.278. The second-order valence-electron chi connectivity index (χ2n) is 6.37. The number of aliphatic hydroxyl groups is 1. The minimum Gasteiger partial charge on any atom is -0.389 e. The van der Waals surface area contributed by atoms with Crippen molar-refractivity contribution in [3.8, 4) is 11.1 Å². The normalized spacial score (nSPS) is 12.0. The van der Waals surface area contributed by atoms with Crippen molar-refractivity contribution >= 4 is 11.0 Å². The molecule has 3 rings (SSSR count). The second-order valence-corrected chi connectivity index (χ2v) is 6.37. The van der Waals surface area contributed by atoms with E-state index < -0.39 is 5.60 Å². The van der Waals surface area contributed by atoms with Crippen LogP contribution < -0.4 is 0 Å². The monoisotopic (exact) mass is 298 g/mol. The van der Waals surface area contributed by atoms with Crippen LogP contribution in [0.25, 0.3) is 22.2 Å². The Hall–Kier alpha value is -2.20. The molecule has 0 aliphatic heterocycles. The van der Waals surface area contributed by atoms with Gasteiger partial charge < -0.3 is 9.67 Å². The van der Waals surface area contributed by atoms with E-state index in [9.17, 15) is 9.50 Å². The number of halogens is 1. The second kappa shape index (κ2) is 5.21. The molecule has 0 fully saturated rings. The Balaban J connectivity index is 2.04. The topological polar surface area (TPSA) is 38.0 Å². The molecule has 0 unspecified atom stereocenters. The molecule has 114 valence electrons. The van der Waals surface area contributed by atoms with Crippen LogP contribution in [-0.2, 0) is 6.54 Å². The summed E-state index contributed by atoms with van der Waals surface area (Å²) >= 11 is 0. The van der Waals surface area contributed by atoms with E-state index in [2.05, 4.69) is 4.98 Å². The Morgan fingerprint density at radius 1 is 1.18 bits per heavy atom. The molecule has 0 bridgehead atoms. The summed E-state index contributed by atoms with van der Waals surface area (Å²) in [5.41, 5.74) is 3.19. The molecule has 22 heavy (non-hydrogen) atoms. The lowest BCUT2D eigenvalue weighted by molar-refractivity contribution is 0.0627. The zero-order chi connectivity index (χ0) is 15.9. The highest BCUT2D eigenvalue weighted by atomic mass is 19.1. The number of imidazole rings is 1. The zero-order valence-electron chi connectivity index (χ0n) is 13.0. The lowest BCUT2D eigenvalue weighted by Crippen LogP contribution is -2.25. The van der Waals surface area contributed by atoms with Gasteiger partial charge in [0.2, 0.25) is 0 Å². The maximum atomic E-state index is 14.1. The van der Waals surface area contributed by atoms with Gasteiger partial charge in [0.1, 0.15) is 5.82 Å². The van der Waals surface area contributed by atoms with E-state index in [-0.39, 0.29) is 5.82 Å². The molecule has 0 aliphatic rings. The Kier molecular flexibility index (Phi) is 3.49. The van der Waals surface area contributed by atoms with Gasteiger partial charge in [-0.15, -0.1) is 0 Å². The average Bonchev–Trinajstić information content (AvgIpc) is 2.79. The third-order valence-electron chi connectivity index (χ3n) is 3.61. The maximum absolute atomic E-state index is 14.1. The highest BCUT2D eigenvalue weighted by Gasteiger charge is 2.15. The molecule has 1 heterocycles. The van der Waals surface area contributed by atoms with E-state index in [4.69, 9.17) is 0 Å². The molecule has 1 aromatic heterocycles. The van der Waals surface area contributed by atoms with Gasteiger partial charge in [-0.1, -0.05) is 18.2 Å². The van der Waals surface area contributed by atoms with Crippen LogP contribution in [0.3, 0.4) is 0 Å². The van der Waals surface area contributed by atoms with E-state index >= 15 is 0 Å². The zero-order valence-corrected chi connectivity index (χ0v) is 13.0. The molecule has 1 N–H and O–H groups in total. The van der Waals surface area contributed by atoms with Crippen molar-refractivity contribution in [2.45, 2.75) is 32.9 Å². The largest absolute Gasteiger partial charge is 0.389 e. The van der Waals surface area contributed by atoms with Crippen LogP contribution in [0.15, 0.2) is 42.7 Å². The molecule has 0 atom stereocenters. The number of aromatic nitrogens is 2. The van der Waals surface area contributed by atoms with E-state index in [1.165, 1.54) is 6.07 Å². The lowest BCUT2D eigenvalue weighted by atomic mass is 10.0. The summed E-state index contributed by atoms with van der Waals surface area (Å²) in [5, 5.41) is 9.95. The number of hydrogen-bond donors (Lipinski definition) is 1. The van der Waals surface area contributed by atoms with Crippen molar-refractivity contribution in [1.29, 1.82) is 0 Å². The standard InChI is InChI=1S/C18H19FN2O/c1-12-4-6-14(15(19)8-12)13-5-7-17-16(9-13)20-11-21(17)10-18(2,3)22/h4-9,11,22H,10H2,1-3H3. The summed E-state index contributed by atoms with van der Waals surface area (Å²) in [5.74, 6) is -0.227. The summed E-state index contributed by atoms with van der Waals surface area (Å²) in [6, 6.07) is 10.9. The summed E-state index contributed by atoms with van der Waals surface area (Å²) in [6.45, 7) is 5.85. The van der Waals surface area contributed by atoms with E-state index in [0.29, 0.717) is 12.1 Å². The Labute approximate surface area is 129 Å². The first-order valence-electron chi connectivity index (χ1n) is 7.27. The van der Waals surface area contributed by atoms with E-state index in [1.54, 1.807) is 26.2 Å². The fourth-order valence-corrected chi connectivity index (χ4v) is 2.63. The SMILES string of the molecule is Cc1ccc(-c2ccc3c(c2)ncn3CC(C)(C)O)c(F)c1. The number of benzene rings is 2. The highest BCUT2D eigenvalue weighted by Crippen LogP contribution is 2.27. The number of fused-ring (bicyclic) bond motifs is 1. The number of nitrogens with zero attached hydrogens (tertiary/aromatic N) is 2. The molecule has 0 amide bonds. The maximum Gasteiger partial charge on any atom is 0.131 e. The molecule has 0 saturated carbocycles. The lowest BCUT2D eigenvalue weighted by Gasteiger charge is -2.18. The summed E-state index contributed by atoms with van der Waals surface area (Å²) < 4.78 is 16.0. The molecular weight excluding hydrogens is 279 g/mol. The predicted octanol–water partition coefficient (Wildman–Crippen LogP) is 3.92. The molecule has 0 spiro atoms. The third kappa shape index (κ3) is 2.88. The van der Waals surface area contributed by atoms with Crippen molar-refractivity contribution in [1.82, 2.24) is 9.55 Å². The van der Waals surface area contributed by atoms with Crippen molar-refractivity contribution in [3.63, 3.8) is 0 Å². The molecular formula is C18H19FN2O. The molecule has 0 saturated heterocycles. The molecule has 4 heteroatoms. The van der Waals surface area contributed by atoms with Crippen LogP contribution in [0.2, 0.25) is 0 Å². The van der Waals surface area contributed by atoms with Crippen molar-refractivity contribution in [2.75, 3.05) is 0 Å². The minimum atomic E-state index is -0.810. The minimum absolute atomic E-state index is 0.227. The van der Waals surface area contributed by atoms with Crippen LogP contribution in [-0.4, -0.2) is 20.3 Å². The van der Waals surface area contributed by atoms with Crippen LogP contribution in [0.1, 0.15) is 19.4 Å². The molecule has 0 radical (unpaired) electrons. The average molecular weight is 298 g/mol. The number of rotatable bonds is 3. The Morgan fingerprint density at radius 2 is 1.95 bits per heavy atom. The van der Waals surface area contributed by atoms with Gasteiger partial charge in [-0.05, 0) is 50.1 Å². The smallest absolute Gasteiger partial charge is 0.131 e. The van der Waals surface area contributed by atoms with Gasteiger partial charge in [0.15, 0.2) is 0 Å². The van der Waals surface area contributed by atoms with Crippen LogP contribution >= 0.6 is 0 Å². The van der Waals surface area contributed by atoms with Crippen molar-refractivity contribution < 1.29 is 9.50 Å². The van der Waals surface area contributed by atoms with Gasteiger partial charge in [0, 0.05) is 5.56 Å². The molecule has 0 aliphatic carbocycles. The first kappa shape index (κ1) is 14.7.